The molecule has 15 heavy (non-hydrogen) atoms. The van der Waals surface area contributed by atoms with Crippen LogP contribution >= 0.6 is 0 Å². The maximum absolute atomic E-state index is 11.5. The molecule has 2 nitrogen and oxygen atoms in total. The van der Waals surface area contributed by atoms with Crippen LogP contribution in [0, 0.1) is 0 Å². The first-order valence-corrected chi connectivity index (χ1v) is 8.81. The van der Waals surface area contributed by atoms with Gasteiger partial charge in [0.2, 0.25) is 0 Å². The number of rotatable bonds is 3. The number of esters is 1. The van der Waals surface area contributed by atoms with Crippen molar-refractivity contribution in [1.82, 2.24) is 0 Å². The molecule has 0 fully saturated rings. The predicted octanol–water partition coefficient (Wildman–Crippen LogP) is 2.89. The Morgan fingerprint density at radius 3 is 2.40 bits per heavy atom. The standard InChI is InChI=1S/C12H18O2Si/c1-14-12(13)11-8-6-5-7-10(11)9-15(2,3)4/h5-8H,9H2,1-4H3. The maximum Gasteiger partial charge on any atom is 0.338 e. The van der Waals surface area contributed by atoms with Crippen LogP contribution in [0.15, 0.2) is 24.3 Å². The van der Waals surface area contributed by atoms with E-state index in [4.69, 9.17) is 4.74 Å². The molecular weight excluding hydrogens is 204 g/mol. The summed E-state index contributed by atoms with van der Waals surface area (Å²) in [6.45, 7) is 6.88. The van der Waals surface area contributed by atoms with E-state index in [1.54, 1.807) is 0 Å². The van der Waals surface area contributed by atoms with Gasteiger partial charge < -0.3 is 4.74 Å². The fourth-order valence-electron chi connectivity index (χ4n) is 1.55. The van der Waals surface area contributed by atoms with Crippen molar-refractivity contribution >= 4 is 14.0 Å². The van der Waals surface area contributed by atoms with Crippen molar-refractivity contribution in [3.63, 3.8) is 0 Å². The van der Waals surface area contributed by atoms with E-state index in [-0.39, 0.29) is 5.97 Å². The van der Waals surface area contributed by atoms with Crippen molar-refractivity contribution in [2.75, 3.05) is 7.11 Å². The highest BCUT2D eigenvalue weighted by Gasteiger charge is 2.18. The first-order chi connectivity index (χ1) is 6.94. The van der Waals surface area contributed by atoms with Crippen LogP contribution in [0.3, 0.4) is 0 Å². The summed E-state index contributed by atoms with van der Waals surface area (Å²) in [7, 11) is 0.228. The summed E-state index contributed by atoms with van der Waals surface area (Å²) in [5.41, 5.74) is 1.82. The average Bonchev–Trinajstić information content (AvgIpc) is 2.15. The van der Waals surface area contributed by atoms with E-state index in [0.29, 0.717) is 5.56 Å². The summed E-state index contributed by atoms with van der Waals surface area (Å²) in [5, 5.41) is 0. The molecule has 0 bridgehead atoms. The lowest BCUT2D eigenvalue weighted by Crippen LogP contribution is -2.25. The minimum absolute atomic E-state index is 0.233. The van der Waals surface area contributed by atoms with Gasteiger partial charge in [0.25, 0.3) is 0 Å². The van der Waals surface area contributed by atoms with Gasteiger partial charge in [0.15, 0.2) is 0 Å². The molecule has 0 spiro atoms. The van der Waals surface area contributed by atoms with E-state index >= 15 is 0 Å². The Kier molecular flexibility index (Phi) is 3.69. The molecule has 0 aliphatic rings. The molecule has 0 unspecified atom stereocenters. The summed E-state index contributed by atoms with van der Waals surface area (Å²) >= 11 is 0. The van der Waals surface area contributed by atoms with E-state index < -0.39 is 8.07 Å². The first kappa shape index (κ1) is 12.0. The number of hydrogen-bond acceptors (Lipinski definition) is 2. The topological polar surface area (TPSA) is 26.3 Å². The van der Waals surface area contributed by atoms with Crippen LogP contribution < -0.4 is 0 Å². The van der Waals surface area contributed by atoms with E-state index in [1.165, 1.54) is 7.11 Å². The Labute approximate surface area is 92.3 Å². The second kappa shape index (κ2) is 4.62. The summed E-state index contributed by atoms with van der Waals surface area (Å²) < 4.78 is 4.77. The molecule has 3 heteroatoms. The summed E-state index contributed by atoms with van der Waals surface area (Å²) in [6.07, 6.45) is 0. The van der Waals surface area contributed by atoms with Gasteiger partial charge in [0.1, 0.15) is 0 Å². The average molecular weight is 222 g/mol. The Bertz CT molecular complexity index is 353. The van der Waals surface area contributed by atoms with Gasteiger partial charge in [-0.2, -0.15) is 0 Å². The quantitative estimate of drug-likeness (QED) is 0.580. The monoisotopic (exact) mass is 222 g/mol. The SMILES string of the molecule is COC(=O)c1ccccc1C[Si](C)(C)C. The predicted molar refractivity (Wildman–Crippen MR) is 64.8 cm³/mol. The Hall–Kier alpha value is -1.09. The van der Waals surface area contributed by atoms with E-state index in [9.17, 15) is 4.79 Å². The third kappa shape index (κ3) is 3.51. The lowest BCUT2D eigenvalue weighted by molar-refractivity contribution is 0.0600. The molecule has 0 amide bonds. The van der Waals surface area contributed by atoms with Crippen molar-refractivity contribution in [1.29, 1.82) is 0 Å². The zero-order valence-electron chi connectivity index (χ0n) is 9.83. The van der Waals surface area contributed by atoms with Crippen molar-refractivity contribution in [2.45, 2.75) is 25.7 Å². The van der Waals surface area contributed by atoms with Crippen LogP contribution in [0.2, 0.25) is 19.6 Å². The molecular formula is C12H18O2Si. The lowest BCUT2D eigenvalue weighted by Gasteiger charge is -2.17. The molecule has 0 aromatic heterocycles. The highest BCUT2D eigenvalue weighted by Crippen LogP contribution is 2.16. The van der Waals surface area contributed by atoms with Gasteiger partial charge in [-0.05, 0) is 17.7 Å². The molecule has 82 valence electrons. The Morgan fingerprint density at radius 2 is 1.87 bits per heavy atom. The summed E-state index contributed by atoms with van der Waals surface area (Å²) in [5.74, 6) is -0.233. The van der Waals surface area contributed by atoms with Gasteiger partial charge in [-0.15, -0.1) is 0 Å². The number of ether oxygens (including phenoxy) is 1. The molecule has 0 radical (unpaired) electrons. The molecule has 0 saturated carbocycles. The van der Waals surface area contributed by atoms with Gasteiger partial charge in [-0.3, -0.25) is 0 Å². The lowest BCUT2D eigenvalue weighted by atomic mass is 10.1. The minimum Gasteiger partial charge on any atom is -0.465 e. The second-order valence-corrected chi connectivity index (χ2v) is 10.4. The van der Waals surface area contributed by atoms with Crippen LogP contribution in [-0.2, 0) is 10.8 Å². The number of hydrogen-bond donors (Lipinski definition) is 0. The number of methoxy groups -OCH3 is 1. The normalized spacial score (nSPS) is 11.2. The fourth-order valence-corrected chi connectivity index (χ4v) is 3.01. The molecule has 0 aliphatic heterocycles. The van der Waals surface area contributed by atoms with Crippen LogP contribution in [0.25, 0.3) is 0 Å². The van der Waals surface area contributed by atoms with Crippen LogP contribution in [-0.4, -0.2) is 21.2 Å². The zero-order valence-corrected chi connectivity index (χ0v) is 10.8. The van der Waals surface area contributed by atoms with E-state index in [0.717, 1.165) is 11.6 Å². The first-order valence-electron chi connectivity index (χ1n) is 5.10. The highest BCUT2D eigenvalue weighted by atomic mass is 28.3. The third-order valence-electron chi connectivity index (χ3n) is 2.14. The Morgan fingerprint density at radius 1 is 1.27 bits per heavy atom. The smallest absolute Gasteiger partial charge is 0.338 e. The van der Waals surface area contributed by atoms with E-state index in [1.807, 2.05) is 24.3 Å². The number of carbonyl (C=O) groups excluding carboxylic acids is 1. The highest BCUT2D eigenvalue weighted by molar-refractivity contribution is 6.75. The van der Waals surface area contributed by atoms with Crippen molar-refractivity contribution in [3.8, 4) is 0 Å². The third-order valence-corrected chi connectivity index (χ3v) is 3.59. The molecule has 1 rings (SSSR count). The molecule has 0 atom stereocenters. The van der Waals surface area contributed by atoms with Gasteiger partial charge >= 0.3 is 5.97 Å². The molecule has 1 aromatic carbocycles. The van der Waals surface area contributed by atoms with E-state index in [2.05, 4.69) is 19.6 Å². The molecule has 0 N–H and O–H groups in total. The maximum atomic E-state index is 11.5. The van der Waals surface area contributed by atoms with Crippen molar-refractivity contribution < 1.29 is 9.53 Å². The van der Waals surface area contributed by atoms with Gasteiger partial charge in [0.05, 0.1) is 12.7 Å². The fraction of sp³-hybridized carbons (Fsp3) is 0.417. The van der Waals surface area contributed by atoms with Crippen LogP contribution in [0.1, 0.15) is 15.9 Å². The largest absolute Gasteiger partial charge is 0.465 e. The molecule has 0 saturated heterocycles. The second-order valence-electron chi connectivity index (χ2n) is 4.89. The molecule has 1 aromatic rings. The van der Waals surface area contributed by atoms with Crippen LogP contribution in [0.5, 0.6) is 0 Å². The van der Waals surface area contributed by atoms with Gasteiger partial charge in [-0.25, -0.2) is 4.79 Å². The van der Waals surface area contributed by atoms with Crippen molar-refractivity contribution in [3.05, 3.63) is 35.4 Å². The molecule has 0 aliphatic carbocycles. The summed E-state index contributed by atoms with van der Waals surface area (Å²) in [6, 6.07) is 8.71. The van der Waals surface area contributed by atoms with Gasteiger partial charge in [-0.1, -0.05) is 37.8 Å². The van der Waals surface area contributed by atoms with Gasteiger partial charge in [0, 0.05) is 8.07 Å². The minimum atomic E-state index is -1.20. The number of carbonyl (C=O) groups is 1. The zero-order chi connectivity index (χ0) is 11.5. The Balaban J connectivity index is 3.02. The summed E-state index contributed by atoms with van der Waals surface area (Å²) in [4.78, 5) is 11.5. The number of benzene rings is 1. The van der Waals surface area contributed by atoms with Crippen LogP contribution in [0.4, 0.5) is 0 Å². The van der Waals surface area contributed by atoms with Crippen molar-refractivity contribution in [2.24, 2.45) is 0 Å². The molecule has 0 heterocycles.